The van der Waals surface area contributed by atoms with Crippen LogP contribution in [0, 0.1) is 31.6 Å². The molecule has 1 amide bonds. The van der Waals surface area contributed by atoms with E-state index in [1.165, 1.54) is 25.7 Å². The van der Waals surface area contributed by atoms with Crippen molar-refractivity contribution in [2.45, 2.75) is 52.5 Å². The molecule has 3 rings (SSSR count). The van der Waals surface area contributed by atoms with Gasteiger partial charge in [-0.25, -0.2) is 0 Å². The lowest BCUT2D eigenvalue weighted by Crippen LogP contribution is -2.40. The summed E-state index contributed by atoms with van der Waals surface area (Å²) in [4.78, 5) is 12.5. The fourth-order valence-corrected chi connectivity index (χ4v) is 4.41. The number of benzene rings is 1. The van der Waals surface area contributed by atoms with Crippen molar-refractivity contribution in [3.8, 4) is 0 Å². The Bertz CT molecular complexity index is 567. The first-order valence-corrected chi connectivity index (χ1v) is 8.13. The maximum atomic E-state index is 12.5. The van der Waals surface area contributed by atoms with Crippen LogP contribution in [0.4, 0.5) is 5.69 Å². The van der Waals surface area contributed by atoms with Gasteiger partial charge in [0.2, 0.25) is 0 Å². The molecular formula is C18H26N2O. The van der Waals surface area contributed by atoms with Crippen molar-refractivity contribution in [3.05, 3.63) is 28.8 Å². The fourth-order valence-electron chi connectivity index (χ4n) is 4.41. The molecule has 2 aliphatic carbocycles. The third-order valence-corrected chi connectivity index (χ3v) is 5.65. The van der Waals surface area contributed by atoms with Gasteiger partial charge in [-0.05, 0) is 75.0 Å². The van der Waals surface area contributed by atoms with Crippen molar-refractivity contribution >= 4 is 11.6 Å². The van der Waals surface area contributed by atoms with Crippen molar-refractivity contribution in [2.75, 3.05) is 5.73 Å². The van der Waals surface area contributed by atoms with E-state index >= 15 is 0 Å². The molecule has 21 heavy (non-hydrogen) atoms. The highest BCUT2D eigenvalue weighted by atomic mass is 16.1. The second-order valence-corrected chi connectivity index (χ2v) is 7.12. The van der Waals surface area contributed by atoms with E-state index in [1.54, 1.807) is 0 Å². The van der Waals surface area contributed by atoms with Gasteiger partial charge >= 0.3 is 0 Å². The number of nitrogen functional groups attached to an aromatic ring is 1. The Labute approximate surface area is 127 Å². The first-order valence-electron chi connectivity index (χ1n) is 8.13. The van der Waals surface area contributed by atoms with Gasteiger partial charge in [-0.2, -0.15) is 0 Å². The minimum Gasteiger partial charge on any atom is -0.398 e. The zero-order valence-corrected chi connectivity index (χ0v) is 13.3. The maximum absolute atomic E-state index is 12.5. The number of aryl methyl sites for hydroxylation is 2. The topological polar surface area (TPSA) is 55.1 Å². The number of rotatable bonds is 3. The normalized spacial score (nSPS) is 28.6. The van der Waals surface area contributed by atoms with Gasteiger partial charge in [0.05, 0.1) is 0 Å². The molecule has 1 aromatic carbocycles. The van der Waals surface area contributed by atoms with Gasteiger partial charge in [-0.3, -0.25) is 4.79 Å². The van der Waals surface area contributed by atoms with E-state index in [2.05, 4.69) is 12.2 Å². The maximum Gasteiger partial charge on any atom is 0.251 e. The van der Waals surface area contributed by atoms with Crippen LogP contribution >= 0.6 is 0 Å². The molecule has 0 aliphatic heterocycles. The van der Waals surface area contributed by atoms with E-state index in [0.29, 0.717) is 17.2 Å². The Morgan fingerprint density at radius 2 is 2.00 bits per heavy atom. The molecule has 3 N–H and O–H groups in total. The second-order valence-electron chi connectivity index (χ2n) is 7.12. The van der Waals surface area contributed by atoms with Crippen LogP contribution in [0.25, 0.3) is 0 Å². The molecule has 2 aliphatic rings. The van der Waals surface area contributed by atoms with Crippen LogP contribution in [0.2, 0.25) is 0 Å². The Hall–Kier alpha value is -1.51. The molecule has 114 valence electrons. The Kier molecular flexibility index (Phi) is 3.68. The highest BCUT2D eigenvalue weighted by molar-refractivity contribution is 5.96. The summed E-state index contributed by atoms with van der Waals surface area (Å²) < 4.78 is 0. The highest BCUT2D eigenvalue weighted by Crippen LogP contribution is 2.49. The van der Waals surface area contributed by atoms with Gasteiger partial charge in [0.1, 0.15) is 0 Å². The van der Waals surface area contributed by atoms with Gasteiger partial charge in [0.15, 0.2) is 0 Å². The molecule has 0 radical (unpaired) electrons. The third kappa shape index (κ3) is 2.66. The summed E-state index contributed by atoms with van der Waals surface area (Å²) >= 11 is 0. The Balaban J connectivity index is 1.70. The van der Waals surface area contributed by atoms with Crippen LogP contribution in [0.5, 0.6) is 0 Å². The summed E-state index contributed by atoms with van der Waals surface area (Å²) in [6.45, 7) is 6.11. The number of fused-ring (bicyclic) bond motifs is 2. The smallest absolute Gasteiger partial charge is 0.251 e. The largest absolute Gasteiger partial charge is 0.398 e. The zero-order chi connectivity index (χ0) is 15.1. The monoisotopic (exact) mass is 286 g/mol. The molecule has 0 aromatic heterocycles. The van der Waals surface area contributed by atoms with E-state index in [1.807, 2.05) is 26.0 Å². The van der Waals surface area contributed by atoms with Crippen LogP contribution in [0.15, 0.2) is 12.1 Å². The van der Waals surface area contributed by atoms with E-state index in [0.717, 1.165) is 23.0 Å². The standard InChI is InChI=1S/C18H26N2O/c1-10-6-11(2)17(19)9-15(10)18(21)20-12(3)16-8-13-4-5-14(16)7-13/h6,9,12-14,16H,4-5,7-8,19H2,1-3H3,(H,20,21). The van der Waals surface area contributed by atoms with Crippen molar-refractivity contribution in [1.29, 1.82) is 0 Å². The van der Waals surface area contributed by atoms with E-state index in [4.69, 9.17) is 5.73 Å². The number of nitrogens with two attached hydrogens (primary N) is 1. The summed E-state index contributed by atoms with van der Waals surface area (Å²) in [6, 6.07) is 4.06. The van der Waals surface area contributed by atoms with Crippen molar-refractivity contribution in [2.24, 2.45) is 17.8 Å². The average molecular weight is 286 g/mol. The predicted molar refractivity (Wildman–Crippen MR) is 86.2 cm³/mol. The van der Waals surface area contributed by atoms with Gasteiger partial charge in [-0.1, -0.05) is 12.5 Å². The summed E-state index contributed by atoms with van der Waals surface area (Å²) in [5.74, 6) is 2.43. The van der Waals surface area contributed by atoms with E-state index in [-0.39, 0.29) is 11.9 Å². The van der Waals surface area contributed by atoms with Gasteiger partial charge in [0.25, 0.3) is 5.91 Å². The lowest BCUT2D eigenvalue weighted by molar-refractivity contribution is 0.0914. The van der Waals surface area contributed by atoms with Crippen LogP contribution in [-0.2, 0) is 0 Å². The number of nitrogens with one attached hydrogen (secondary N) is 1. The number of amides is 1. The summed E-state index contributed by atoms with van der Waals surface area (Å²) in [7, 11) is 0. The molecule has 3 heteroatoms. The van der Waals surface area contributed by atoms with Crippen LogP contribution in [0.3, 0.4) is 0 Å². The minimum absolute atomic E-state index is 0.0227. The quantitative estimate of drug-likeness (QED) is 0.836. The summed E-state index contributed by atoms with van der Waals surface area (Å²) in [5.41, 5.74) is 9.39. The van der Waals surface area contributed by atoms with Crippen molar-refractivity contribution < 1.29 is 4.79 Å². The molecule has 0 saturated heterocycles. The first kappa shape index (κ1) is 14.4. The molecular weight excluding hydrogens is 260 g/mol. The lowest BCUT2D eigenvalue weighted by atomic mass is 9.84. The van der Waals surface area contributed by atoms with Gasteiger partial charge < -0.3 is 11.1 Å². The molecule has 3 nitrogen and oxygen atoms in total. The molecule has 2 bridgehead atoms. The SMILES string of the molecule is Cc1cc(C)c(C(=O)NC(C)C2CC3CCC2C3)cc1N. The number of carbonyl (C=O) groups excluding carboxylic acids is 1. The van der Waals surface area contributed by atoms with E-state index < -0.39 is 0 Å². The molecule has 0 heterocycles. The highest BCUT2D eigenvalue weighted by Gasteiger charge is 2.42. The molecule has 1 aromatic rings. The van der Waals surface area contributed by atoms with Crippen LogP contribution in [0.1, 0.15) is 54.1 Å². The van der Waals surface area contributed by atoms with Crippen LogP contribution in [-0.4, -0.2) is 11.9 Å². The molecule has 0 spiro atoms. The number of anilines is 1. The third-order valence-electron chi connectivity index (χ3n) is 5.65. The first-order chi connectivity index (χ1) is 9.95. The lowest BCUT2D eigenvalue weighted by Gasteiger charge is -2.28. The summed E-state index contributed by atoms with van der Waals surface area (Å²) in [5, 5.41) is 3.22. The molecule has 2 saturated carbocycles. The molecule has 4 atom stereocenters. The average Bonchev–Trinajstić information content (AvgIpc) is 3.05. The number of hydrogen-bond acceptors (Lipinski definition) is 2. The van der Waals surface area contributed by atoms with Crippen LogP contribution < -0.4 is 11.1 Å². The number of carbonyl (C=O) groups is 1. The minimum atomic E-state index is 0.0227. The van der Waals surface area contributed by atoms with Gasteiger partial charge in [0, 0.05) is 17.3 Å². The summed E-state index contributed by atoms with van der Waals surface area (Å²) in [6.07, 6.45) is 5.42. The Morgan fingerprint density at radius 3 is 2.62 bits per heavy atom. The zero-order valence-electron chi connectivity index (χ0n) is 13.3. The van der Waals surface area contributed by atoms with Gasteiger partial charge in [-0.15, -0.1) is 0 Å². The second kappa shape index (κ2) is 5.36. The molecule has 4 unspecified atom stereocenters. The predicted octanol–water partition coefficient (Wildman–Crippen LogP) is 3.44. The molecule has 2 fully saturated rings. The van der Waals surface area contributed by atoms with E-state index in [9.17, 15) is 4.79 Å². The number of hydrogen-bond donors (Lipinski definition) is 2. The van der Waals surface area contributed by atoms with Crippen molar-refractivity contribution in [3.63, 3.8) is 0 Å². The fraction of sp³-hybridized carbons (Fsp3) is 0.611. The van der Waals surface area contributed by atoms with Crippen molar-refractivity contribution in [1.82, 2.24) is 5.32 Å². The Morgan fingerprint density at radius 1 is 1.24 bits per heavy atom.